The Morgan fingerprint density at radius 2 is 2.04 bits per heavy atom. The van der Waals surface area contributed by atoms with Crippen LogP contribution in [0, 0.1) is 0 Å². The second-order valence-electron chi connectivity index (χ2n) is 5.75. The molecule has 0 bridgehead atoms. The van der Waals surface area contributed by atoms with Crippen LogP contribution in [0.3, 0.4) is 0 Å². The molecule has 2 N–H and O–H groups in total. The number of ether oxygens (including phenoxy) is 2. The van der Waals surface area contributed by atoms with Crippen LogP contribution in [0.15, 0.2) is 35.0 Å². The van der Waals surface area contributed by atoms with Crippen LogP contribution in [-0.2, 0) is 0 Å². The van der Waals surface area contributed by atoms with Gasteiger partial charge in [-0.2, -0.15) is 0 Å². The van der Waals surface area contributed by atoms with Gasteiger partial charge >= 0.3 is 0 Å². The van der Waals surface area contributed by atoms with Gasteiger partial charge in [0.05, 0.1) is 28.2 Å². The molecule has 0 saturated carbocycles. The average molecular weight is 380 g/mol. The number of nitrogens with zero attached hydrogens (tertiary/aromatic N) is 2. The largest absolute Gasteiger partial charge is 0.491 e. The molecule has 8 heteroatoms. The Bertz CT molecular complexity index is 860. The van der Waals surface area contributed by atoms with Crippen molar-refractivity contribution < 1.29 is 14.0 Å². The third kappa shape index (κ3) is 4.31. The first kappa shape index (κ1) is 17.7. The molecule has 1 atom stereocenters. The quantitative estimate of drug-likeness (QED) is 0.645. The first-order valence-electron chi connectivity index (χ1n) is 7.75. The third-order valence-electron chi connectivity index (χ3n) is 3.19. The van der Waals surface area contributed by atoms with Crippen LogP contribution in [0.2, 0.25) is 5.02 Å². The van der Waals surface area contributed by atoms with Gasteiger partial charge in [0.1, 0.15) is 17.2 Å². The lowest BCUT2D eigenvalue weighted by atomic mass is 10.2. The van der Waals surface area contributed by atoms with Crippen molar-refractivity contribution in [3.63, 3.8) is 0 Å². The van der Waals surface area contributed by atoms with Gasteiger partial charge in [-0.15, -0.1) is 0 Å². The van der Waals surface area contributed by atoms with E-state index in [0.717, 1.165) is 4.88 Å². The van der Waals surface area contributed by atoms with E-state index < -0.39 is 0 Å². The number of nitrogens with two attached hydrogens (primary N) is 1. The van der Waals surface area contributed by atoms with E-state index in [2.05, 4.69) is 10.1 Å². The minimum atomic E-state index is -0.213. The van der Waals surface area contributed by atoms with Crippen molar-refractivity contribution in [3.8, 4) is 27.3 Å². The molecule has 0 fully saturated rings. The van der Waals surface area contributed by atoms with Gasteiger partial charge < -0.3 is 19.7 Å². The Hall–Kier alpha value is -2.09. The van der Waals surface area contributed by atoms with Gasteiger partial charge in [0, 0.05) is 12.1 Å². The summed E-state index contributed by atoms with van der Waals surface area (Å²) in [7, 11) is 0. The first-order valence-corrected chi connectivity index (χ1v) is 8.94. The second kappa shape index (κ2) is 7.43. The summed E-state index contributed by atoms with van der Waals surface area (Å²) in [6.07, 6.45) is 1.75. The zero-order valence-corrected chi connectivity index (χ0v) is 15.6. The predicted molar refractivity (Wildman–Crippen MR) is 97.5 cm³/mol. The summed E-state index contributed by atoms with van der Waals surface area (Å²) in [4.78, 5) is 5.07. The second-order valence-corrected chi connectivity index (χ2v) is 7.15. The van der Waals surface area contributed by atoms with Gasteiger partial charge in [-0.1, -0.05) is 28.1 Å². The van der Waals surface area contributed by atoms with Gasteiger partial charge in [0.25, 0.3) is 5.19 Å². The number of aromatic nitrogens is 2. The maximum absolute atomic E-state index is 6.26. The molecule has 3 rings (SSSR count). The Morgan fingerprint density at radius 1 is 1.24 bits per heavy atom. The average Bonchev–Trinajstić information content (AvgIpc) is 3.18. The highest BCUT2D eigenvalue weighted by Crippen LogP contribution is 2.37. The molecule has 0 spiro atoms. The summed E-state index contributed by atoms with van der Waals surface area (Å²) in [6.45, 7) is 5.74. The maximum atomic E-state index is 6.26. The van der Waals surface area contributed by atoms with E-state index in [0.29, 0.717) is 33.2 Å². The van der Waals surface area contributed by atoms with E-state index in [1.54, 1.807) is 24.4 Å². The Morgan fingerprint density at radius 3 is 2.68 bits per heavy atom. The molecule has 1 aromatic carbocycles. The van der Waals surface area contributed by atoms with Crippen LogP contribution in [0.4, 0.5) is 0 Å². The molecule has 25 heavy (non-hydrogen) atoms. The van der Waals surface area contributed by atoms with E-state index in [4.69, 9.17) is 31.3 Å². The fourth-order valence-corrected chi connectivity index (χ4v) is 2.99. The highest BCUT2D eigenvalue weighted by atomic mass is 35.5. The smallest absolute Gasteiger partial charge is 0.279 e. The van der Waals surface area contributed by atoms with Crippen molar-refractivity contribution >= 4 is 22.9 Å². The lowest BCUT2D eigenvalue weighted by molar-refractivity contribution is 0.242. The van der Waals surface area contributed by atoms with Crippen LogP contribution < -0.4 is 15.2 Å². The molecule has 0 aliphatic rings. The monoisotopic (exact) mass is 379 g/mol. The molecule has 0 aliphatic carbocycles. The van der Waals surface area contributed by atoms with Crippen molar-refractivity contribution in [2.45, 2.75) is 32.9 Å². The number of thiazole rings is 1. The molecule has 3 aromatic rings. The molecule has 0 saturated heterocycles. The lowest BCUT2D eigenvalue weighted by Crippen LogP contribution is -2.05. The van der Waals surface area contributed by atoms with Gasteiger partial charge in [-0.3, -0.25) is 0 Å². The summed E-state index contributed by atoms with van der Waals surface area (Å²) in [5.74, 6) is 1.82. The minimum Gasteiger partial charge on any atom is -0.491 e. The van der Waals surface area contributed by atoms with E-state index in [9.17, 15) is 0 Å². The van der Waals surface area contributed by atoms with Crippen molar-refractivity contribution in [1.82, 2.24) is 10.1 Å². The van der Waals surface area contributed by atoms with Gasteiger partial charge in [0.2, 0.25) is 0 Å². The predicted octanol–water partition coefficient (Wildman–Crippen LogP) is 5.05. The Balaban J connectivity index is 1.74. The van der Waals surface area contributed by atoms with Crippen molar-refractivity contribution in [3.05, 3.63) is 41.2 Å². The zero-order chi connectivity index (χ0) is 18.0. The van der Waals surface area contributed by atoms with Crippen LogP contribution in [0.1, 0.15) is 32.6 Å². The van der Waals surface area contributed by atoms with Crippen LogP contribution in [0.25, 0.3) is 10.6 Å². The molecule has 0 aliphatic heterocycles. The number of rotatable bonds is 6. The number of hydrogen-bond donors (Lipinski definition) is 1. The standard InChI is InChI=1S/C17H18ClN3O3S/c1-9(2)22-11-4-5-14(12(18)6-11)23-17-20-8-16(25-17)13-7-15(10(3)19)24-21-13/h4-10H,19H2,1-3H3. The topological polar surface area (TPSA) is 83.4 Å². The van der Waals surface area contributed by atoms with Crippen LogP contribution in [0.5, 0.6) is 16.7 Å². The van der Waals surface area contributed by atoms with E-state index in [1.165, 1.54) is 11.3 Å². The fourth-order valence-electron chi connectivity index (χ4n) is 2.05. The van der Waals surface area contributed by atoms with Gasteiger partial charge in [-0.25, -0.2) is 4.98 Å². The molecule has 2 heterocycles. The first-order chi connectivity index (χ1) is 11.9. The van der Waals surface area contributed by atoms with E-state index in [-0.39, 0.29) is 12.1 Å². The van der Waals surface area contributed by atoms with Gasteiger partial charge in [-0.05, 0) is 32.9 Å². The minimum absolute atomic E-state index is 0.0768. The molecule has 2 aromatic heterocycles. The summed E-state index contributed by atoms with van der Waals surface area (Å²) in [5, 5.41) is 4.91. The molecule has 132 valence electrons. The van der Waals surface area contributed by atoms with Gasteiger partial charge in [0.15, 0.2) is 5.76 Å². The Kier molecular flexibility index (Phi) is 5.27. The van der Waals surface area contributed by atoms with Crippen molar-refractivity contribution in [2.24, 2.45) is 5.73 Å². The summed E-state index contributed by atoms with van der Waals surface area (Å²) >= 11 is 7.60. The summed E-state index contributed by atoms with van der Waals surface area (Å²) in [5.41, 5.74) is 6.45. The SMILES string of the molecule is CC(C)Oc1ccc(Oc2ncc(-c3cc(C(C)N)on3)s2)c(Cl)c1. The number of benzene rings is 1. The summed E-state index contributed by atoms with van der Waals surface area (Å²) in [6, 6.07) is 6.87. The Labute approximate surface area is 154 Å². The third-order valence-corrected chi connectivity index (χ3v) is 4.38. The molecule has 6 nitrogen and oxygen atoms in total. The molecular weight excluding hydrogens is 362 g/mol. The molecule has 0 amide bonds. The van der Waals surface area contributed by atoms with Crippen LogP contribution in [-0.4, -0.2) is 16.2 Å². The van der Waals surface area contributed by atoms with Crippen LogP contribution >= 0.6 is 22.9 Å². The highest BCUT2D eigenvalue weighted by Gasteiger charge is 2.14. The van der Waals surface area contributed by atoms with E-state index >= 15 is 0 Å². The summed E-state index contributed by atoms with van der Waals surface area (Å²) < 4.78 is 16.6. The van der Waals surface area contributed by atoms with Crippen molar-refractivity contribution in [1.29, 1.82) is 0 Å². The zero-order valence-electron chi connectivity index (χ0n) is 14.0. The molecular formula is C17H18ClN3O3S. The normalized spacial score (nSPS) is 12.4. The molecule has 1 unspecified atom stereocenters. The number of halogens is 1. The lowest BCUT2D eigenvalue weighted by Gasteiger charge is -2.11. The molecule has 0 radical (unpaired) electrons. The fraction of sp³-hybridized carbons (Fsp3) is 0.294. The highest BCUT2D eigenvalue weighted by molar-refractivity contribution is 7.16. The van der Waals surface area contributed by atoms with Crippen molar-refractivity contribution in [2.75, 3.05) is 0 Å². The maximum Gasteiger partial charge on any atom is 0.279 e. The number of hydrogen-bond acceptors (Lipinski definition) is 7. The van der Waals surface area contributed by atoms with E-state index in [1.807, 2.05) is 26.8 Å².